The van der Waals surface area contributed by atoms with Gasteiger partial charge in [-0.15, -0.1) is 0 Å². The second-order valence-corrected chi connectivity index (χ2v) is 6.01. The second-order valence-electron chi connectivity index (χ2n) is 5.60. The molecule has 1 aromatic carbocycles. The van der Waals surface area contributed by atoms with Gasteiger partial charge in [0.1, 0.15) is 0 Å². The maximum absolute atomic E-state index is 12.1. The van der Waals surface area contributed by atoms with Gasteiger partial charge in [0.2, 0.25) is 5.91 Å². The molecule has 2 atom stereocenters. The summed E-state index contributed by atoms with van der Waals surface area (Å²) in [5, 5.41) is 0.687. The molecule has 1 aliphatic heterocycles. The van der Waals surface area contributed by atoms with Crippen molar-refractivity contribution in [2.45, 2.75) is 38.8 Å². The SMILES string of the molecule is CC(C)CCN1C(=O)CC(N)C1c1ccccc1Cl. The molecule has 1 saturated heterocycles. The molecule has 4 heteroatoms. The average Bonchev–Trinajstić information content (AvgIpc) is 2.62. The highest BCUT2D eigenvalue weighted by atomic mass is 35.5. The maximum atomic E-state index is 12.1. The zero-order chi connectivity index (χ0) is 14.0. The van der Waals surface area contributed by atoms with Crippen molar-refractivity contribution >= 4 is 17.5 Å². The van der Waals surface area contributed by atoms with Crippen molar-refractivity contribution in [3.05, 3.63) is 34.9 Å². The van der Waals surface area contributed by atoms with Crippen LogP contribution in [-0.4, -0.2) is 23.4 Å². The minimum Gasteiger partial charge on any atom is -0.334 e. The van der Waals surface area contributed by atoms with Gasteiger partial charge in [0.15, 0.2) is 0 Å². The third-order valence-electron chi connectivity index (χ3n) is 3.64. The van der Waals surface area contributed by atoms with E-state index in [2.05, 4.69) is 13.8 Å². The number of amides is 1. The molecule has 0 saturated carbocycles. The number of hydrogen-bond acceptors (Lipinski definition) is 2. The van der Waals surface area contributed by atoms with Gasteiger partial charge in [0.05, 0.1) is 6.04 Å². The Hall–Kier alpha value is -1.06. The fourth-order valence-corrected chi connectivity index (χ4v) is 2.84. The first-order valence-electron chi connectivity index (χ1n) is 6.80. The third kappa shape index (κ3) is 3.10. The minimum atomic E-state index is -0.167. The lowest BCUT2D eigenvalue weighted by atomic mass is 10.00. The number of benzene rings is 1. The van der Waals surface area contributed by atoms with E-state index >= 15 is 0 Å². The Morgan fingerprint density at radius 2 is 2.11 bits per heavy atom. The Kier molecular flexibility index (Phi) is 4.48. The molecule has 0 spiro atoms. The summed E-state index contributed by atoms with van der Waals surface area (Å²) >= 11 is 6.25. The first kappa shape index (κ1) is 14.4. The smallest absolute Gasteiger partial charge is 0.224 e. The van der Waals surface area contributed by atoms with Gasteiger partial charge in [0.25, 0.3) is 0 Å². The number of rotatable bonds is 4. The summed E-state index contributed by atoms with van der Waals surface area (Å²) in [5.41, 5.74) is 7.11. The summed E-state index contributed by atoms with van der Waals surface area (Å²) in [5.74, 6) is 0.703. The predicted octanol–water partition coefficient (Wildman–Crippen LogP) is 2.99. The number of halogens is 1. The molecule has 1 heterocycles. The van der Waals surface area contributed by atoms with Gasteiger partial charge >= 0.3 is 0 Å². The molecule has 104 valence electrons. The van der Waals surface area contributed by atoms with Crippen molar-refractivity contribution in [3.8, 4) is 0 Å². The van der Waals surface area contributed by atoms with E-state index in [0.29, 0.717) is 17.4 Å². The van der Waals surface area contributed by atoms with E-state index in [9.17, 15) is 4.79 Å². The normalized spacial score (nSPS) is 23.4. The van der Waals surface area contributed by atoms with Crippen molar-refractivity contribution in [2.75, 3.05) is 6.54 Å². The van der Waals surface area contributed by atoms with E-state index < -0.39 is 0 Å². The molecule has 1 aromatic rings. The van der Waals surface area contributed by atoms with E-state index in [-0.39, 0.29) is 18.0 Å². The molecular weight excluding hydrogens is 260 g/mol. The molecule has 2 rings (SSSR count). The molecule has 3 nitrogen and oxygen atoms in total. The third-order valence-corrected chi connectivity index (χ3v) is 3.99. The van der Waals surface area contributed by atoms with Crippen LogP contribution >= 0.6 is 11.6 Å². The summed E-state index contributed by atoms with van der Waals surface area (Å²) in [7, 11) is 0. The van der Waals surface area contributed by atoms with Crippen molar-refractivity contribution in [3.63, 3.8) is 0 Å². The second kappa shape index (κ2) is 5.93. The summed E-state index contributed by atoms with van der Waals surface area (Å²) in [4.78, 5) is 14.0. The maximum Gasteiger partial charge on any atom is 0.224 e. The van der Waals surface area contributed by atoms with Crippen molar-refractivity contribution in [1.82, 2.24) is 4.90 Å². The van der Waals surface area contributed by atoms with Crippen LogP contribution in [0.4, 0.5) is 0 Å². The summed E-state index contributed by atoms with van der Waals surface area (Å²) < 4.78 is 0. The van der Waals surface area contributed by atoms with E-state index in [4.69, 9.17) is 17.3 Å². The lowest BCUT2D eigenvalue weighted by Crippen LogP contribution is -2.34. The first-order chi connectivity index (χ1) is 9.00. The molecule has 19 heavy (non-hydrogen) atoms. The minimum absolute atomic E-state index is 0.0834. The van der Waals surface area contributed by atoms with Crippen LogP contribution in [0.3, 0.4) is 0 Å². The van der Waals surface area contributed by atoms with Crippen LogP contribution < -0.4 is 5.73 Å². The molecule has 0 bridgehead atoms. The van der Waals surface area contributed by atoms with Crippen LogP contribution in [0, 0.1) is 5.92 Å². The summed E-state index contributed by atoms with van der Waals surface area (Å²) in [6.07, 6.45) is 1.40. The molecular formula is C15H21ClN2O. The highest BCUT2D eigenvalue weighted by molar-refractivity contribution is 6.31. The number of likely N-dealkylation sites (tertiary alicyclic amines) is 1. The topological polar surface area (TPSA) is 46.3 Å². The van der Waals surface area contributed by atoms with E-state index in [1.54, 1.807) is 0 Å². The van der Waals surface area contributed by atoms with Crippen LogP contribution in [0.25, 0.3) is 0 Å². The zero-order valence-corrected chi connectivity index (χ0v) is 12.2. The number of nitrogens with two attached hydrogens (primary N) is 1. The number of nitrogens with zero attached hydrogens (tertiary/aromatic N) is 1. The first-order valence-corrected chi connectivity index (χ1v) is 7.18. The molecule has 1 fully saturated rings. The average molecular weight is 281 g/mol. The van der Waals surface area contributed by atoms with E-state index in [1.165, 1.54) is 0 Å². The fourth-order valence-electron chi connectivity index (χ4n) is 2.59. The molecule has 0 radical (unpaired) electrons. The Morgan fingerprint density at radius 3 is 2.74 bits per heavy atom. The van der Waals surface area contributed by atoms with Gasteiger partial charge in [-0.1, -0.05) is 43.6 Å². The highest BCUT2D eigenvalue weighted by Crippen LogP contribution is 2.35. The zero-order valence-electron chi connectivity index (χ0n) is 11.5. The van der Waals surface area contributed by atoms with Crippen molar-refractivity contribution < 1.29 is 4.79 Å². The van der Waals surface area contributed by atoms with Gasteiger partial charge in [-0.3, -0.25) is 4.79 Å². The summed E-state index contributed by atoms with van der Waals surface area (Å²) in [6, 6.07) is 7.41. The van der Waals surface area contributed by atoms with Gasteiger partial charge < -0.3 is 10.6 Å². The molecule has 1 aliphatic rings. The van der Waals surface area contributed by atoms with Crippen LogP contribution in [0.2, 0.25) is 5.02 Å². The Bertz CT molecular complexity index is 461. The highest BCUT2D eigenvalue weighted by Gasteiger charge is 2.39. The molecule has 1 amide bonds. The van der Waals surface area contributed by atoms with E-state index in [0.717, 1.165) is 18.5 Å². The molecule has 2 N–H and O–H groups in total. The Morgan fingerprint density at radius 1 is 1.42 bits per heavy atom. The summed E-state index contributed by atoms with van der Waals surface area (Å²) in [6.45, 7) is 5.07. The van der Waals surface area contributed by atoms with E-state index in [1.807, 2.05) is 29.2 Å². The molecule has 0 aromatic heterocycles. The standard InChI is InChI=1S/C15H21ClN2O/c1-10(2)7-8-18-14(19)9-13(17)15(18)11-5-3-4-6-12(11)16/h3-6,10,13,15H,7-9,17H2,1-2H3. The lowest BCUT2D eigenvalue weighted by molar-refractivity contribution is -0.129. The number of carbonyl (C=O) groups excluding carboxylic acids is 1. The van der Waals surface area contributed by atoms with Crippen molar-refractivity contribution in [1.29, 1.82) is 0 Å². The van der Waals surface area contributed by atoms with Gasteiger partial charge in [-0.05, 0) is 24.0 Å². The largest absolute Gasteiger partial charge is 0.334 e. The van der Waals surface area contributed by atoms with Crippen molar-refractivity contribution in [2.24, 2.45) is 11.7 Å². The number of carbonyl (C=O) groups is 1. The van der Waals surface area contributed by atoms with Crippen LogP contribution in [0.5, 0.6) is 0 Å². The van der Waals surface area contributed by atoms with Gasteiger partial charge in [-0.25, -0.2) is 0 Å². The predicted molar refractivity (Wildman–Crippen MR) is 78.0 cm³/mol. The monoisotopic (exact) mass is 280 g/mol. The van der Waals surface area contributed by atoms with Crippen LogP contribution in [-0.2, 0) is 4.79 Å². The van der Waals surface area contributed by atoms with Gasteiger partial charge in [0, 0.05) is 24.0 Å². The Balaban J connectivity index is 2.25. The van der Waals surface area contributed by atoms with Gasteiger partial charge in [-0.2, -0.15) is 0 Å². The fraction of sp³-hybridized carbons (Fsp3) is 0.533. The number of hydrogen-bond donors (Lipinski definition) is 1. The van der Waals surface area contributed by atoms with Crippen LogP contribution in [0.1, 0.15) is 38.3 Å². The lowest BCUT2D eigenvalue weighted by Gasteiger charge is -2.28. The van der Waals surface area contributed by atoms with Crippen LogP contribution in [0.15, 0.2) is 24.3 Å². The molecule has 0 aliphatic carbocycles. The molecule has 2 unspecified atom stereocenters. The Labute approximate surface area is 119 Å². The quantitative estimate of drug-likeness (QED) is 0.922.